The lowest BCUT2D eigenvalue weighted by Crippen LogP contribution is -2.37. The zero-order valence-corrected chi connectivity index (χ0v) is 11.7. The summed E-state index contributed by atoms with van der Waals surface area (Å²) in [4.78, 5) is 17.3. The number of nitrogens with zero attached hydrogens (tertiary/aromatic N) is 3. The van der Waals surface area contributed by atoms with Crippen LogP contribution in [0.25, 0.3) is 0 Å². The van der Waals surface area contributed by atoms with E-state index in [1.165, 1.54) is 15.7 Å². The van der Waals surface area contributed by atoms with Crippen molar-refractivity contribution in [1.82, 2.24) is 9.55 Å². The molecule has 0 aliphatic heterocycles. The molecule has 0 radical (unpaired) electrons. The number of rotatable bonds is 7. The molecular weight excluding hydrogens is 308 g/mol. The van der Waals surface area contributed by atoms with Gasteiger partial charge in [0.2, 0.25) is 0 Å². The van der Waals surface area contributed by atoms with E-state index in [0.717, 1.165) is 6.42 Å². The quantitative estimate of drug-likeness (QED) is 0.721. The van der Waals surface area contributed by atoms with Crippen LogP contribution in [0.15, 0.2) is 17.2 Å². The zero-order valence-electron chi connectivity index (χ0n) is 10.2. The summed E-state index contributed by atoms with van der Waals surface area (Å²) >= 11 is 3.19. The van der Waals surface area contributed by atoms with Crippen molar-refractivity contribution < 1.29 is 8.78 Å². The molecule has 1 heterocycles. The Morgan fingerprint density at radius 1 is 1.56 bits per heavy atom. The molecule has 1 rings (SSSR count). The Bertz CT molecular complexity index is 425. The number of alkyl halides is 3. The van der Waals surface area contributed by atoms with Crippen LogP contribution in [0.4, 0.5) is 14.6 Å². The third-order valence-corrected chi connectivity index (χ3v) is 2.73. The van der Waals surface area contributed by atoms with Gasteiger partial charge in [0, 0.05) is 30.8 Å². The molecule has 0 atom stereocenters. The summed E-state index contributed by atoms with van der Waals surface area (Å²) in [6, 6.07) is 0. The van der Waals surface area contributed by atoms with Crippen molar-refractivity contribution in [1.29, 1.82) is 0 Å². The van der Waals surface area contributed by atoms with Gasteiger partial charge in [0.1, 0.15) is 0 Å². The fraction of sp³-hybridized carbons (Fsp3) is 0.636. The first kappa shape index (κ1) is 15.1. The molecule has 1 aromatic rings. The van der Waals surface area contributed by atoms with Crippen LogP contribution >= 0.6 is 15.9 Å². The number of hydrogen-bond acceptors (Lipinski definition) is 3. The Balaban J connectivity index is 3.03. The molecule has 102 valence electrons. The summed E-state index contributed by atoms with van der Waals surface area (Å²) in [6.07, 6.45) is 1.35. The maximum atomic E-state index is 12.5. The standard InChI is InChI=1S/C11H16BrF2N3O/c1-2-5-16-7-4-15-10(11(16)18)17(6-3-12)8-9(13)14/h4,7,9H,2-3,5-6,8H2,1H3. The molecule has 0 aromatic carbocycles. The van der Waals surface area contributed by atoms with Crippen molar-refractivity contribution in [3.8, 4) is 0 Å². The average molecular weight is 324 g/mol. The minimum absolute atomic E-state index is 0.0886. The van der Waals surface area contributed by atoms with E-state index in [4.69, 9.17) is 0 Å². The Kier molecular flexibility index (Phi) is 6.24. The van der Waals surface area contributed by atoms with Crippen LogP contribution < -0.4 is 10.5 Å². The molecule has 7 heteroatoms. The van der Waals surface area contributed by atoms with E-state index >= 15 is 0 Å². The smallest absolute Gasteiger partial charge is 0.293 e. The highest BCUT2D eigenvalue weighted by Crippen LogP contribution is 2.07. The molecule has 1 aromatic heterocycles. The lowest BCUT2D eigenvalue weighted by molar-refractivity contribution is 0.155. The highest BCUT2D eigenvalue weighted by atomic mass is 79.9. The lowest BCUT2D eigenvalue weighted by atomic mass is 10.4. The summed E-state index contributed by atoms with van der Waals surface area (Å²) in [5.41, 5.74) is -0.319. The van der Waals surface area contributed by atoms with Crippen LogP contribution in [0.1, 0.15) is 13.3 Å². The van der Waals surface area contributed by atoms with Crippen molar-refractivity contribution in [2.45, 2.75) is 26.3 Å². The van der Waals surface area contributed by atoms with Crippen molar-refractivity contribution in [2.75, 3.05) is 23.3 Å². The Labute approximate surface area is 113 Å². The summed E-state index contributed by atoms with van der Waals surface area (Å²) in [5, 5.41) is 0.503. The van der Waals surface area contributed by atoms with Crippen molar-refractivity contribution in [2.24, 2.45) is 0 Å². The van der Waals surface area contributed by atoms with Crippen LogP contribution in [0.5, 0.6) is 0 Å². The van der Waals surface area contributed by atoms with Crippen LogP contribution in [0, 0.1) is 0 Å². The Morgan fingerprint density at radius 3 is 2.83 bits per heavy atom. The number of aromatic nitrogens is 2. The van der Waals surface area contributed by atoms with E-state index in [2.05, 4.69) is 20.9 Å². The molecule has 0 N–H and O–H groups in total. The second-order valence-electron chi connectivity index (χ2n) is 3.78. The normalized spacial score (nSPS) is 10.9. The fourth-order valence-corrected chi connectivity index (χ4v) is 2.05. The molecule has 0 fully saturated rings. The number of hydrogen-bond donors (Lipinski definition) is 0. The van der Waals surface area contributed by atoms with Gasteiger partial charge in [-0.25, -0.2) is 13.8 Å². The number of anilines is 1. The minimum atomic E-state index is -2.50. The third kappa shape index (κ3) is 4.04. The van der Waals surface area contributed by atoms with Gasteiger partial charge in [-0.2, -0.15) is 0 Å². The lowest BCUT2D eigenvalue weighted by Gasteiger charge is -2.22. The van der Waals surface area contributed by atoms with E-state index in [1.807, 2.05) is 6.92 Å². The SMILES string of the molecule is CCCn1ccnc(N(CCBr)CC(F)F)c1=O. The van der Waals surface area contributed by atoms with Crippen LogP contribution in [-0.2, 0) is 6.54 Å². The van der Waals surface area contributed by atoms with E-state index in [1.54, 1.807) is 6.20 Å². The number of halogens is 3. The van der Waals surface area contributed by atoms with E-state index in [0.29, 0.717) is 18.4 Å². The highest BCUT2D eigenvalue weighted by molar-refractivity contribution is 9.09. The molecular formula is C11H16BrF2N3O. The molecule has 0 saturated carbocycles. The largest absolute Gasteiger partial charge is 0.345 e. The fourth-order valence-electron chi connectivity index (χ4n) is 1.62. The molecule has 4 nitrogen and oxygen atoms in total. The molecule has 0 spiro atoms. The van der Waals surface area contributed by atoms with Gasteiger partial charge in [0.05, 0.1) is 6.54 Å². The molecule has 0 aliphatic rings. The van der Waals surface area contributed by atoms with Gasteiger partial charge in [-0.1, -0.05) is 22.9 Å². The summed E-state index contributed by atoms with van der Waals surface area (Å²) < 4.78 is 26.5. The third-order valence-electron chi connectivity index (χ3n) is 2.37. The van der Waals surface area contributed by atoms with E-state index < -0.39 is 13.0 Å². The van der Waals surface area contributed by atoms with E-state index in [-0.39, 0.29) is 11.4 Å². The van der Waals surface area contributed by atoms with Crippen LogP contribution in [0.3, 0.4) is 0 Å². The molecule has 0 unspecified atom stereocenters. The summed E-state index contributed by atoms with van der Waals surface area (Å²) in [5.74, 6) is 0.0886. The van der Waals surface area contributed by atoms with Crippen molar-refractivity contribution in [3.63, 3.8) is 0 Å². The second kappa shape index (κ2) is 7.45. The molecule has 0 amide bonds. The molecule has 18 heavy (non-hydrogen) atoms. The molecule has 0 aliphatic carbocycles. The van der Waals surface area contributed by atoms with Gasteiger partial charge in [0.15, 0.2) is 5.82 Å². The van der Waals surface area contributed by atoms with Crippen molar-refractivity contribution in [3.05, 3.63) is 22.7 Å². The first-order valence-electron chi connectivity index (χ1n) is 5.74. The topological polar surface area (TPSA) is 38.1 Å². The minimum Gasteiger partial charge on any atom is -0.345 e. The predicted molar refractivity (Wildman–Crippen MR) is 70.8 cm³/mol. The molecule has 0 bridgehead atoms. The Hall–Kier alpha value is -0.980. The summed E-state index contributed by atoms with van der Waals surface area (Å²) in [7, 11) is 0. The predicted octanol–water partition coefficient (Wildman–Crippen LogP) is 2.12. The first-order valence-corrected chi connectivity index (χ1v) is 6.86. The van der Waals surface area contributed by atoms with Gasteiger partial charge in [0.25, 0.3) is 12.0 Å². The maximum Gasteiger partial charge on any atom is 0.293 e. The number of aryl methyl sites for hydroxylation is 1. The van der Waals surface area contributed by atoms with Crippen molar-refractivity contribution >= 4 is 21.7 Å². The van der Waals surface area contributed by atoms with E-state index in [9.17, 15) is 13.6 Å². The molecule has 0 saturated heterocycles. The van der Waals surface area contributed by atoms with Gasteiger partial charge in [-0.05, 0) is 6.42 Å². The second-order valence-corrected chi connectivity index (χ2v) is 4.57. The van der Waals surface area contributed by atoms with Gasteiger partial charge >= 0.3 is 0 Å². The summed E-state index contributed by atoms with van der Waals surface area (Å²) in [6.45, 7) is 2.35. The maximum absolute atomic E-state index is 12.5. The monoisotopic (exact) mass is 323 g/mol. The first-order chi connectivity index (χ1) is 8.60. The van der Waals surface area contributed by atoms with Crippen LogP contribution in [0.2, 0.25) is 0 Å². The van der Waals surface area contributed by atoms with Gasteiger partial charge in [-0.3, -0.25) is 4.79 Å². The zero-order chi connectivity index (χ0) is 13.5. The van der Waals surface area contributed by atoms with Crippen LogP contribution in [-0.4, -0.2) is 34.4 Å². The Morgan fingerprint density at radius 2 is 2.28 bits per heavy atom. The highest BCUT2D eigenvalue weighted by Gasteiger charge is 2.17. The average Bonchev–Trinajstić information content (AvgIpc) is 2.31. The van der Waals surface area contributed by atoms with Gasteiger partial charge < -0.3 is 9.47 Å². The van der Waals surface area contributed by atoms with Gasteiger partial charge in [-0.15, -0.1) is 0 Å².